The highest BCUT2D eigenvalue weighted by Gasteiger charge is 2.22. The average Bonchev–Trinajstić information content (AvgIpc) is 4.39. The van der Waals surface area contributed by atoms with Gasteiger partial charge in [0, 0.05) is 101 Å². The number of halogens is 2. The van der Waals surface area contributed by atoms with Crippen LogP contribution in [-0.4, -0.2) is 88.2 Å². The second-order valence-electron chi connectivity index (χ2n) is 18.6. The molecule has 1 saturated heterocycles. The van der Waals surface area contributed by atoms with Crippen molar-refractivity contribution in [2.75, 3.05) is 18.4 Å². The molecule has 11 heterocycles. The van der Waals surface area contributed by atoms with Crippen LogP contribution in [0.2, 0.25) is 0 Å². The standard InChI is InChI=1S/C31H21FN8.C28H23FN8.C2H6/c1-18(19-7-3-2-4-8-19)36-21-13-20(16-33-17-21)22-14-23-27(15-24(22)32)39-40-28(23)31-37-26-10-12-35-29(30(26)38-31)25-9-5-6-11-34-25;29-21-13-24-20(12-19(21)18-11-17(14-30-15-18)16-37-9-3-4-10-37)25(36-35-24)28-33-23-6-8-32-26(27(23)34-28)22-5-1-2-7-31-22;1-2/h2-17,36H,1H2,(H,37,38)(H,39,40);1-2,5-8,11-15H,3-4,9-10,16H2,(H,33,34)(H,35,36);1-2H3. The van der Waals surface area contributed by atoms with E-state index in [1.54, 1.807) is 49.4 Å². The number of aromatic nitrogens is 14. The van der Waals surface area contributed by atoms with Crippen LogP contribution in [0.4, 0.5) is 14.5 Å². The first-order valence-electron chi connectivity index (χ1n) is 25.9. The zero-order valence-electron chi connectivity index (χ0n) is 43.0. The Morgan fingerprint density at radius 2 is 1.09 bits per heavy atom. The smallest absolute Gasteiger partial charge is 0.159 e. The molecule has 388 valence electrons. The third kappa shape index (κ3) is 10.1. The van der Waals surface area contributed by atoms with Crippen molar-refractivity contribution in [1.29, 1.82) is 0 Å². The van der Waals surface area contributed by atoms with Gasteiger partial charge < -0.3 is 15.3 Å². The summed E-state index contributed by atoms with van der Waals surface area (Å²) in [6, 6.07) is 35.2. The zero-order chi connectivity index (χ0) is 53.8. The van der Waals surface area contributed by atoms with Gasteiger partial charge in [-0.05, 0) is 97.7 Å². The van der Waals surface area contributed by atoms with Crippen LogP contribution < -0.4 is 5.32 Å². The molecule has 0 atom stereocenters. The Kier molecular flexibility index (Phi) is 13.7. The van der Waals surface area contributed by atoms with Crippen LogP contribution in [0.15, 0.2) is 171 Å². The lowest BCUT2D eigenvalue weighted by Crippen LogP contribution is -2.18. The van der Waals surface area contributed by atoms with Crippen molar-refractivity contribution in [1.82, 2.24) is 75.1 Å². The van der Waals surface area contributed by atoms with E-state index < -0.39 is 5.82 Å². The molecule has 0 unspecified atom stereocenters. The van der Waals surface area contributed by atoms with Crippen molar-refractivity contribution in [2.24, 2.45) is 0 Å². The molecule has 3 aromatic carbocycles. The highest BCUT2D eigenvalue weighted by molar-refractivity contribution is 5.99. The molecule has 0 aliphatic carbocycles. The molecule has 14 rings (SSSR count). The lowest BCUT2D eigenvalue weighted by Gasteiger charge is -2.15. The Morgan fingerprint density at radius 3 is 1.63 bits per heavy atom. The Balaban J connectivity index is 0.000000153. The fourth-order valence-corrected chi connectivity index (χ4v) is 9.82. The first-order valence-corrected chi connectivity index (χ1v) is 25.9. The largest absolute Gasteiger partial charge is 0.354 e. The van der Waals surface area contributed by atoms with Crippen molar-refractivity contribution in [2.45, 2.75) is 33.2 Å². The van der Waals surface area contributed by atoms with Gasteiger partial charge in [0.15, 0.2) is 11.6 Å². The summed E-state index contributed by atoms with van der Waals surface area (Å²) in [5.41, 5.74) is 13.8. The third-order valence-corrected chi connectivity index (χ3v) is 13.5. The van der Waals surface area contributed by atoms with Gasteiger partial charge in [0.05, 0.1) is 45.3 Å². The molecular formula is C61H50F2N16. The number of fused-ring (bicyclic) bond motifs is 4. The minimum Gasteiger partial charge on any atom is -0.354 e. The number of rotatable bonds is 11. The molecule has 0 saturated carbocycles. The fraction of sp³-hybridized carbons (Fsp3) is 0.115. The number of nitrogens with one attached hydrogen (secondary N) is 5. The van der Waals surface area contributed by atoms with E-state index >= 15 is 8.78 Å². The maximum absolute atomic E-state index is 15.3. The minimum absolute atomic E-state index is 0.325. The quantitative estimate of drug-likeness (QED) is 0.0820. The molecule has 1 aliphatic rings. The van der Waals surface area contributed by atoms with Crippen molar-refractivity contribution >= 4 is 55.3 Å². The molecule has 16 nitrogen and oxygen atoms in total. The summed E-state index contributed by atoms with van der Waals surface area (Å²) in [5.74, 6) is 0.394. The molecule has 0 amide bonds. The van der Waals surface area contributed by atoms with Gasteiger partial charge in [-0.15, -0.1) is 0 Å². The zero-order valence-corrected chi connectivity index (χ0v) is 43.0. The lowest BCUT2D eigenvalue weighted by atomic mass is 10.0. The second-order valence-corrected chi connectivity index (χ2v) is 18.6. The number of aromatic amines is 4. The van der Waals surface area contributed by atoms with E-state index in [2.05, 4.69) is 77.1 Å². The fourth-order valence-electron chi connectivity index (χ4n) is 9.82. The number of anilines is 1. The average molecular weight is 1050 g/mol. The molecule has 1 aliphatic heterocycles. The maximum atomic E-state index is 15.3. The van der Waals surface area contributed by atoms with E-state index in [1.807, 2.05) is 117 Å². The van der Waals surface area contributed by atoms with Gasteiger partial charge in [-0.1, -0.05) is 62.9 Å². The van der Waals surface area contributed by atoms with Gasteiger partial charge in [-0.25, -0.2) is 18.7 Å². The van der Waals surface area contributed by atoms with Crippen molar-refractivity contribution in [3.63, 3.8) is 0 Å². The van der Waals surface area contributed by atoms with Crippen LogP contribution >= 0.6 is 0 Å². The van der Waals surface area contributed by atoms with Gasteiger partial charge in [0.1, 0.15) is 45.4 Å². The molecule has 0 bridgehead atoms. The van der Waals surface area contributed by atoms with Crippen LogP contribution in [0.5, 0.6) is 0 Å². The molecule has 1 fully saturated rings. The summed E-state index contributed by atoms with van der Waals surface area (Å²) in [6.07, 6.45) is 16.2. The number of imidazole rings is 2. The van der Waals surface area contributed by atoms with Gasteiger partial charge in [0.2, 0.25) is 0 Å². The van der Waals surface area contributed by atoms with Gasteiger partial charge in [-0.3, -0.25) is 45.0 Å². The Bertz CT molecular complexity index is 4300. The molecule has 13 aromatic rings. The molecular weight excluding hydrogens is 995 g/mol. The SMILES string of the molecule is C=C(Nc1cncc(-c2cc3c(-c4nc5c(-c6ccccn6)nccc5[nH]4)n[nH]c3cc2F)c1)c1ccccc1.CC.Fc1cc2[nH]nc(-c3nc4c(-c5ccccn5)nccc4[nH]3)c2cc1-c1cncc(CN2CCCC2)c1. The van der Waals surface area contributed by atoms with Crippen LogP contribution in [0.1, 0.15) is 37.8 Å². The Hall–Kier alpha value is -10.2. The topological polar surface area (TPSA) is 207 Å². The highest BCUT2D eigenvalue weighted by Crippen LogP contribution is 2.36. The first-order chi connectivity index (χ1) is 38.9. The van der Waals surface area contributed by atoms with Crippen molar-refractivity contribution in [3.8, 4) is 68.1 Å². The van der Waals surface area contributed by atoms with Crippen LogP contribution in [-0.2, 0) is 6.54 Å². The van der Waals surface area contributed by atoms with E-state index in [-0.39, 0.29) is 5.82 Å². The third-order valence-electron chi connectivity index (χ3n) is 13.5. The van der Waals surface area contributed by atoms with Crippen molar-refractivity contribution in [3.05, 3.63) is 194 Å². The van der Waals surface area contributed by atoms with Crippen molar-refractivity contribution < 1.29 is 8.78 Å². The number of H-pyrrole nitrogens is 4. The summed E-state index contributed by atoms with van der Waals surface area (Å²) in [6.45, 7) is 11.1. The molecule has 5 N–H and O–H groups in total. The molecule has 79 heavy (non-hydrogen) atoms. The molecule has 10 aromatic heterocycles. The number of benzene rings is 3. The summed E-state index contributed by atoms with van der Waals surface area (Å²) in [4.78, 5) is 45.3. The van der Waals surface area contributed by atoms with E-state index in [9.17, 15) is 0 Å². The number of nitrogens with zero attached hydrogens (tertiary/aromatic N) is 11. The molecule has 0 spiro atoms. The summed E-state index contributed by atoms with van der Waals surface area (Å²) >= 11 is 0. The van der Waals surface area contributed by atoms with Gasteiger partial charge in [-0.2, -0.15) is 10.2 Å². The monoisotopic (exact) mass is 1040 g/mol. The second kappa shape index (κ2) is 21.8. The summed E-state index contributed by atoms with van der Waals surface area (Å²) in [7, 11) is 0. The van der Waals surface area contributed by atoms with Crippen LogP contribution in [0.3, 0.4) is 0 Å². The van der Waals surface area contributed by atoms with Gasteiger partial charge >= 0.3 is 0 Å². The highest BCUT2D eigenvalue weighted by atomic mass is 19.1. The van der Waals surface area contributed by atoms with Crippen LogP contribution in [0, 0.1) is 11.6 Å². The molecule has 0 radical (unpaired) electrons. The first kappa shape index (κ1) is 49.7. The number of likely N-dealkylation sites (tertiary alicyclic amines) is 1. The van der Waals surface area contributed by atoms with E-state index in [0.29, 0.717) is 78.9 Å². The summed E-state index contributed by atoms with van der Waals surface area (Å²) in [5, 5.41) is 19.6. The number of hydrogen-bond donors (Lipinski definition) is 5. The van der Waals surface area contributed by atoms with E-state index in [0.717, 1.165) is 75.2 Å². The minimum atomic E-state index is -0.394. The number of hydrogen-bond acceptors (Lipinski definition) is 12. The predicted molar refractivity (Wildman–Crippen MR) is 306 cm³/mol. The van der Waals surface area contributed by atoms with Gasteiger partial charge in [0.25, 0.3) is 0 Å². The van der Waals surface area contributed by atoms with E-state index in [1.165, 1.54) is 25.0 Å². The normalized spacial score (nSPS) is 12.4. The predicted octanol–water partition coefficient (Wildman–Crippen LogP) is 13.2. The molecule has 18 heteroatoms. The van der Waals surface area contributed by atoms with E-state index in [4.69, 9.17) is 9.97 Å². The summed E-state index contributed by atoms with van der Waals surface area (Å²) < 4.78 is 30.6. The lowest BCUT2D eigenvalue weighted by molar-refractivity contribution is 0.331. The maximum Gasteiger partial charge on any atom is 0.159 e. The Labute approximate surface area is 451 Å². The number of pyridine rings is 6. The van der Waals surface area contributed by atoms with Crippen LogP contribution in [0.25, 0.3) is 118 Å². The Morgan fingerprint density at radius 1 is 0.557 bits per heavy atom.